The maximum Gasteiger partial charge on any atom is 0.226 e. The van der Waals surface area contributed by atoms with Gasteiger partial charge in [0.1, 0.15) is 5.69 Å². The molecule has 1 atom stereocenters. The molecule has 0 aliphatic carbocycles. The van der Waals surface area contributed by atoms with Crippen LogP contribution in [0.15, 0.2) is 79.1 Å². The van der Waals surface area contributed by atoms with E-state index in [1.165, 1.54) is 6.92 Å². The van der Waals surface area contributed by atoms with Crippen LogP contribution in [-0.4, -0.2) is 21.7 Å². The Kier molecular flexibility index (Phi) is 5.91. The lowest BCUT2D eigenvalue weighted by atomic mass is 9.93. The van der Waals surface area contributed by atoms with Gasteiger partial charge in [0.25, 0.3) is 0 Å². The summed E-state index contributed by atoms with van der Waals surface area (Å²) in [5.41, 5.74) is 4.10. The fourth-order valence-corrected chi connectivity index (χ4v) is 3.55. The normalized spacial score (nSPS) is 14.2. The van der Waals surface area contributed by atoms with Crippen molar-refractivity contribution >= 4 is 23.6 Å². The van der Waals surface area contributed by atoms with E-state index in [9.17, 15) is 9.59 Å². The van der Waals surface area contributed by atoms with Crippen LogP contribution in [0.5, 0.6) is 0 Å². The fraction of sp³-hybridized carbons (Fsp3) is 0.115. The van der Waals surface area contributed by atoms with Crippen LogP contribution in [0.1, 0.15) is 41.8 Å². The molecular formula is C26H21N3O2. The van der Waals surface area contributed by atoms with E-state index in [-0.39, 0.29) is 24.3 Å². The van der Waals surface area contributed by atoms with Gasteiger partial charge in [-0.25, -0.2) is 4.98 Å². The monoisotopic (exact) mass is 407 g/mol. The molecule has 0 saturated carbocycles. The Morgan fingerprint density at radius 2 is 1.87 bits per heavy atom. The van der Waals surface area contributed by atoms with Crippen LogP contribution < -0.4 is 5.32 Å². The summed E-state index contributed by atoms with van der Waals surface area (Å²) in [6.45, 7) is 1.51. The molecule has 1 aliphatic rings. The number of nitrogens with zero attached hydrogens (tertiary/aromatic N) is 2. The lowest BCUT2D eigenvalue weighted by molar-refractivity contribution is -0.129. The number of anilines is 1. The summed E-state index contributed by atoms with van der Waals surface area (Å²) in [4.78, 5) is 30.7. The first kappa shape index (κ1) is 20.1. The molecule has 2 heterocycles. The van der Waals surface area contributed by atoms with Crippen LogP contribution in [0.4, 0.5) is 5.69 Å². The number of aromatic nitrogens is 1. The lowest BCUT2D eigenvalue weighted by Crippen LogP contribution is -2.33. The number of nitrogens with one attached hydrogen (secondary N) is 1. The van der Waals surface area contributed by atoms with Gasteiger partial charge in [0, 0.05) is 30.6 Å². The lowest BCUT2D eigenvalue weighted by Gasteiger charge is -2.32. The highest BCUT2D eigenvalue weighted by Crippen LogP contribution is 2.33. The maximum absolute atomic E-state index is 12.8. The van der Waals surface area contributed by atoms with Crippen molar-refractivity contribution in [2.45, 2.75) is 19.4 Å². The van der Waals surface area contributed by atoms with E-state index in [1.807, 2.05) is 72.8 Å². The second-order valence-corrected chi connectivity index (χ2v) is 7.18. The van der Waals surface area contributed by atoms with E-state index in [0.29, 0.717) is 11.4 Å². The summed E-state index contributed by atoms with van der Waals surface area (Å²) in [7, 11) is 0. The summed E-state index contributed by atoms with van der Waals surface area (Å²) in [5, 5.41) is 2.93. The number of fused-ring (bicyclic) bond motifs is 1. The second kappa shape index (κ2) is 9.10. The number of pyridine rings is 1. The predicted molar refractivity (Wildman–Crippen MR) is 121 cm³/mol. The molecule has 1 aliphatic heterocycles. The van der Waals surface area contributed by atoms with E-state index in [0.717, 1.165) is 16.7 Å². The molecule has 1 unspecified atom stereocenters. The van der Waals surface area contributed by atoms with Crippen molar-refractivity contribution in [1.82, 2.24) is 9.88 Å². The van der Waals surface area contributed by atoms with E-state index in [2.05, 4.69) is 22.1 Å². The van der Waals surface area contributed by atoms with Crippen molar-refractivity contribution < 1.29 is 9.59 Å². The Labute approximate surface area is 181 Å². The highest BCUT2D eigenvalue weighted by atomic mass is 16.2. The van der Waals surface area contributed by atoms with E-state index in [4.69, 9.17) is 0 Å². The highest BCUT2D eigenvalue weighted by molar-refractivity contribution is 5.92. The molecule has 5 heteroatoms. The summed E-state index contributed by atoms with van der Waals surface area (Å²) in [5.74, 6) is 5.80. The van der Waals surface area contributed by atoms with Crippen LogP contribution in [0.25, 0.3) is 6.08 Å². The Morgan fingerprint density at radius 1 is 1.03 bits per heavy atom. The van der Waals surface area contributed by atoms with Gasteiger partial charge in [-0.15, -0.1) is 0 Å². The van der Waals surface area contributed by atoms with E-state index < -0.39 is 0 Å². The molecule has 0 fully saturated rings. The third kappa shape index (κ3) is 4.88. The number of amides is 2. The van der Waals surface area contributed by atoms with E-state index in [1.54, 1.807) is 17.3 Å². The molecule has 2 amide bonds. The second-order valence-electron chi connectivity index (χ2n) is 7.18. The summed E-state index contributed by atoms with van der Waals surface area (Å²) in [6.07, 6.45) is 5.50. The standard InChI is InChI=1S/C26H21N3O2/c1-19(30)29-16-14-21-8-2-3-11-24(21)25(29)18-26(31)28-23-10-6-7-20(17-23)12-13-22-9-4-5-15-27-22/h2-11,14-17,25H,18H2,1H3,(H,28,31). The van der Waals surface area contributed by atoms with Crippen molar-refractivity contribution in [3.63, 3.8) is 0 Å². The maximum atomic E-state index is 12.8. The van der Waals surface area contributed by atoms with Gasteiger partial charge in [-0.3, -0.25) is 9.59 Å². The fourth-order valence-electron chi connectivity index (χ4n) is 3.55. The van der Waals surface area contributed by atoms with Crippen molar-refractivity contribution in [2.75, 3.05) is 5.32 Å². The molecule has 5 nitrogen and oxygen atoms in total. The Morgan fingerprint density at radius 3 is 2.68 bits per heavy atom. The molecule has 31 heavy (non-hydrogen) atoms. The largest absolute Gasteiger partial charge is 0.326 e. The molecule has 0 bridgehead atoms. The minimum Gasteiger partial charge on any atom is -0.326 e. The number of hydrogen-bond acceptors (Lipinski definition) is 3. The average Bonchev–Trinajstić information content (AvgIpc) is 2.78. The predicted octanol–water partition coefficient (Wildman–Crippen LogP) is 4.38. The summed E-state index contributed by atoms with van der Waals surface area (Å²) >= 11 is 0. The SMILES string of the molecule is CC(=O)N1C=Cc2ccccc2C1CC(=O)Nc1cccc(C#Cc2ccccn2)c1. The van der Waals surface area contributed by atoms with Gasteiger partial charge >= 0.3 is 0 Å². The number of carbonyl (C=O) groups is 2. The first-order valence-corrected chi connectivity index (χ1v) is 9.99. The molecule has 4 rings (SSSR count). The van der Waals surface area contributed by atoms with Crippen molar-refractivity contribution in [3.8, 4) is 11.8 Å². The van der Waals surface area contributed by atoms with Gasteiger partial charge in [0.05, 0.1) is 12.5 Å². The quantitative estimate of drug-likeness (QED) is 0.655. The first-order valence-electron chi connectivity index (χ1n) is 9.99. The van der Waals surface area contributed by atoms with Gasteiger partial charge in [0.15, 0.2) is 0 Å². The Hall–Kier alpha value is -4.17. The molecule has 2 aromatic carbocycles. The molecule has 1 N–H and O–H groups in total. The topological polar surface area (TPSA) is 62.3 Å². The minimum absolute atomic E-state index is 0.102. The number of hydrogen-bond donors (Lipinski definition) is 1. The minimum atomic E-state index is -0.342. The van der Waals surface area contributed by atoms with Crippen molar-refractivity contribution in [1.29, 1.82) is 0 Å². The van der Waals surface area contributed by atoms with Crippen LogP contribution in [0, 0.1) is 11.8 Å². The van der Waals surface area contributed by atoms with Gasteiger partial charge < -0.3 is 10.2 Å². The smallest absolute Gasteiger partial charge is 0.226 e. The molecule has 0 radical (unpaired) electrons. The van der Waals surface area contributed by atoms with Crippen LogP contribution in [-0.2, 0) is 9.59 Å². The zero-order chi connectivity index (χ0) is 21.6. The summed E-state index contributed by atoms with van der Waals surface area (Å²) in [6, 6.07) is 20.4. The zero-order valence-corrected chi connectivity index (χ0v) is 17.1. The molecular weight excluding hydrogens is 386 g/mol. The first-order chi connectivity index (χ1) is 15.1. The molecule has 1 aromatic heterocycles. The van der Waals surface area contributed by atoms with Crippen LogP contribution in [0.2, 0.25) is 0 Å². The Balaban J connectivity index is 1.49. The highest BCUT2D eigenvalue weighted by Gasteiger charge is 2.28. The zero-order valence-electron chi connectivity index (χ0n) is 17.1. The van der Waals surface area contributed by atoms with Crippen LogP contribution >= 0.6 is 0 Å². The molecule has 152 valence electrons. The third-order valence-electron chi connectivity index (χ3n) is 4.99. The van der Waals surface area contributed by atoms with Crippen LogP contribution in [0.3, 0.4) is 0 Å². The van der Waals surface area contributed by atoms with Gasteiger partial charge in [0.2, 0.25) is 11.8 Å². The molecule has 3 aromatic rings. The van der Waals surface area contributed by atoms with Gasteiger partial charge in [-0.1, -0.05) is 42.3 Å². The van der Waals surface area contributed by atoms with E-state index >= 15 is 0 Å². The summed E-state index contributed by atoms with van der Waals surface area (Å²) < 4.78 is 0. The third-order valence-corrected chi connectivity index (χ3v) is 4.99. The van der Waals surface area contributed by atoms with Crippen molar-refractivity contribution in [3.05, 3.63) is 102 Å². The number of rotatable bonds is 3. The number of benzene rings is 2. The van der Waals surface area contributed by atoms with Crippen molar-refractivity contribution in [2.24, 2.45) is 0 Å². The Bertz CT molecular complexity index is 1210. The molecule has 0 saturated heterocycles. The average molecular weight is 407 g/mol. The number of carbonyl (C=O) groups excluding carboxylic acids is 2. The van der Waals surface area contributed by atoms with Gasteiger partial charge in [-0.05, 0) is 53.5 Å². The molecule has 0 spiro atoms. The van der Waals surface area contributed by atoms with Gasteiger partial charge in [-0.2, -0.15) is 0 Å².